The number of anilines is 1. The highest BCUT2D eigenvalue weighted by atomic mass is 32.2. The maximum atomic E-state index is 13.1. The molecule has 0 N–H and O–H groups in total. The predicted octanol–water partition coefficient (Wildman–Crippen LogP) is 2.83. The molecule has 0 saturated carbocycles. The minimum atomic E-state index is -3.21. The van der Waals surface area contributed by atoms with Crippen molar-refractivity contribution in [2.24, 2.45) is 0 Å². The van der Waals surface area contributed by atoms with Crippen LogP contribution in [0.25, 0.3) is 0 Å². The largest absolute Gasteiger partial charge is 0.497 e. The molecule has 0 aliphatic carbocycles. The first-order chi connectivity index (χ1) is 14.3. The van der Waals surface area contributed by atoms with E-state index in [0.29, 0.717) is 12.5 Å². The van der Waals surface area contributed by atoms with Crippen LogP contribution in [0.3, 0.4) is 0 Å². The highest BCUT2D eigenvalue weighted by Gasteiger charge is 2.49. The molecule has 0 radical (unpaired) electrons. The summed E-state index contributed by atoms with van der Waals surface area (Å²) in [5, 5.41) is 0. The van der Waals surface area contributed by atoms with E-state index >= 15 is 0 Å². The first kappa shape index (κ1) is 20.9. The second-order valence-corrected chi connectivity index (χ2v) is 10.6. The standard InChI is InChI=1S/C23H28N2O4S/c1-16(2)18-6-8-19(9-7-18)25-22-15-30(27,28)14-21(22)24(13-23(25)26)12-17-4-10-20(29-3)11-5-17/h4-11,16,21-22H,12-15H2,1-3H3/t21-,22+/m1/s1. The molecule has 7 heteroatoms. The van der Waals surface area contributed by atoms with Crippen LogP contribution in [0.4, 0.5) is 5.69 Å². The molecule has 2 saturated heterocycles. The summed E-state index contributed by atoms with van der Waals surface area (Å²) in [4.78, 5) is 16.9. The Morgan fingerprint density at radius 2 is 1.63 bits per heavy atom. The van der Waals surface area contributed by atoms with E-state index in [1.165, 1.54) is 5.56 Å². The van der Waals surface area contributed by atoms with E-state index in [-0.39, 0.29) is 36.0 Å². The topological polar surface area (TPSA) is 66.9 Å². The third kappa shape index (κ3) is 4.09. The van der Waals surface area contributed by atoms with Crippen molar-refractivity contribution in [2.45, 2.75) is 38.4 Å². The number of sulfone groups is 1. The van der Waals surface area contributed by atoms with E-state index in [4.69, 9.17) is 4.74 Å². The van der Waals surface area contributed by atoms with Gasteiger partial charge in [0.25, 0.3) is 0 Å². The minimum Gasteiger partial charge on any atom is -0.497 e. The Kier molecular flexibility index (Phi) is 5.59. The molecule has 2 fully saturated rings. The van der Waals surface area contributed by atoms with Crippen molar-refractivity contribution in [3.05, 3.63) is 59.7 Å². The van der Waals surface area contributed by atoms with Gasteiger partial charge in [-0.15, -0.1) is 0 Å². The number of hydrogen-bond acceptors (Lipinski definition) is 5. The summed E-state index contributed by atoms with van der Waals surface area (Å²) in [5.41, 5.74) is 3.00. The Bertz CT molecular complexity index is 1020. The summed E-state index contributed by atoms with van der Waals surface area (Å²) in [7, 11) is -1.59. The van der Waals surface area contributed by atoms with E-state index in [1.807, 2.05) is 53.4 Å². The summed E-state index contributed by atoms with van der Waals surface area (Å²) >= 11 is 0. The van der Waals surface area contributed by atoms with Crippen molar-refractivity contribution in [1.82, 2.24) is 4.90 Å². The zero-order valence-electron chi connectivity index (χ0n) is 17.6. The number of carbonyl (C=O) groups is 1. The maximum Gasteiger partial charge on any atom is 0.241 e. The van der Waals surface area contributed by atoms with Crippen LogP contribution < -0.4 is 9.64 Å². The maximum absolute atomic E-state index is 13.1. The van der Waals surface area contributed by atoms with Gasteiger partial charge in [0, 0.05) is 18.3 Å². The third-order valence-corrected chi connectivity index (χ3v) is 7.78. The summed E-state index contributed by atoms with van der Waals surface area (Å²) in [6, 6.07) is 15.0. The first-order valence-electron chi connectivity index (χ1n) is 10.3. The van der Waals surface area contributed by atoms with Crippen LogP contribution in [0, 0.1) is 0 Å². The Balaban J connectivity index is 1.61. The normalized spacial score (nSPS) is 23.6. The number of nitrogens with zero attached hydrogens (tertiary/aromatic N) is 2. The number of amides is 1. The Hall–Kier alpha value is -2.38. The van der Waals surface area contributed by atoms with Crippen molar-refractivity contribution in [2.75, 3.05) is 30.1 Å². The van der Waals surface area contributed by atoms with Crippen molar-refractivity contribution >= 4 is 21.4 Å². The number of piperazine rings is 1. The van der Waals surface area contributed by atoms with Gasteiger partial charge in [-0.1, -0.05) is 38.1 Å². The molecule has 30 heavy (non-hydrogen) atoms. The Morgan fingerprint density at radius 1 is 1.00 bits per heavy atom. The summed E-state index contributed by atoms with van der Waals surface area (Å²) in [6.07, 6.45) is 0. The number of fused-ring (bicyclic) bond motifs is 1. The van der Waals surface area contributed by atoms with Gasteiger partial charge in [-0.25, -0.2) is 8.42 Å². The number of rotatable bonds is 5. The van der Waals surface area contributed by atoms with Gasteiger partial charge in [0.05, 0.1) is 31.2 Å². The van der Waals surface area contributed by atoms with E-state index in [2.05, 4.69) is 13.8 Å². The summed E-state index contributed by atoms with van der Waals surface area (Å²) in [6.45, 7) is 4.98. The molecule has 0 unspecified atom stereocenters. The van der Waals surface area contributed by atoms with Crippen molar-refractivity contribution in [3.63, 3.8) is 0 Å². The molecule has 2 atom stereocenters. The lowest BCUT2D eigenvalue weighted by molar-refractivity contribution is -0.123. The molecule has 0 aromatic heterocycles. The third-order valence-electron chi connectivity index (χ3n) is 6.08. The van der Waals surface area contributed by atoms with Crippen LogP contribution in [0.5, 0.6) is 5.75 Å². The first-order valence-corrected chi connectivity index (χ1v) is 12.1. The molecule has 2 aromatic carbocycles. The predicted molar refractivity (Wildman–Crippen MR) is 118 cm³/mol. The Labute approximate surface area is 178 Å². The molecular formula is C23H28N2O4S. The second-order valence-electron chi connectivity index (χ2n) is 8.47. The zero-order chi connectivity index (χ0) is 21.5. The van der Waals surface area contributed by atoms with E-state index < -0.39 is 9.84 Å². The molecular weight excluding hydrogens is 400 g/mol. The molecule has 6 nitrogen and oxygen atoms in total. The average Bonchev–Trinajstić information content (AvgIpc) is 3.04. The van der Waals surface area contributed by atoms with Gasteiger partial charge in [-0.05, 0) is 41.3 Å². The highest BCUT2D eigenvalue weighted by Crippen LogP contribution is 2.33. The summed E-state index contributed by atoms with van der Waals surface area (Å²) in [5.74, 6) is 1.21. The quantitative estimate of drug-likeness (QED) is 0.733. The van der Waals surface area contributed by atoms with E-state index in [1.54, 1.807) is 12.0 Å². The molecule has 4 rings (SSSR count). The highest BCUT2D eigenvalue weighted by molar-refractivity contribution is 7.91. The lowest BCUT2D eigenvalue weighted by Gasteiger charge is -2.43. The number of carbonyl (C=O) groups excluding carboxylic acids is 1. The molecule has 160 valence electrons. The van der Waals surface area contributed by atoms with Gasteiger partial charge >= 0.3 is 0 Å². The van der Waals surface area contributed by atoms with Crippen molar-refractivity contribution in [3.8, 4) is 5.75 Å². The van der Waals surface area contributed by atoms with E-state index in [9.17, 15) is 13.2 Å². The van der Waals surface area contributed by atoms with Gasteiger partial charge in [-0.3, -0.25) is 9.69 Å². The monoisotopic (exact) mass is 428 g/mol. The molecule has 2 aromatic rings. The summed E-state index contributed by atoms with van der Waals surface area (Å²) < 4.78 is 30.3. The van der Waals surface area contributed by atoms with Crippen LogP contribution in [-0.2, 0) is 21.2 Å². The molecule has 2 aliphatic rings. The van der Waals surface area contributed by atoms with Gasteiger partial charge in [0.15, 0.2) is 9.84 Å². The fraction of sp³-hybridized carbons (Fsp3) is 0.435. The van der Waals surface area contributed by atoms with Gasteiger partial charge < -0.3 is 9.64 Å². The number of benzene rings is 2. The SMILES string of the molecule is COc1ccc(CN2CC(=O)N(c3ccc(C(C)C)cc3)[C@H]3CS(=O)(=O)C[C@H]32)cc1. The van der Waals surface area contributed by atoms with Crippen molar-refractivity contribution < 1.29 is 17.9 Å². The lowest BCUT2D eigenvalue weighted by atomic mass is 10.00. The zero-order valence-corrected chi connectivity index (χ0v) is 18.4. The fourth-order valence-electron chi connectivity index (χ4n) is 4.45. The van der Waals surface area contributed by atoms with Crippen LogP contribution >= 0.6 is 0 Å². The molecule has 2 heterocycles. The molecule has 0 bridgehead atoms. The average molecular weight is 429 g/mol. The second kappa shape index (κ2) is 8.04. The van der Waals surface area contributed by atoms with Gasteiger partial charge in [0.2, 0.25) is 5.91 Å². The number of methoxy groups -OCH3 is 1. The minimum absolute atomic E-state index is 0.00838. The molecule has 1 amide bonds. The smallest absolute Gasteiger partial charge is 0.241 e. The lowest BCUT2D eigenvalue weighted by Crippen LogP contribution is -2.61. The van der Waals surface area contributed by atoms with Crippen LogP contribution in [-0.4, -0.2) is 56.5 Å². The number of hydrogen-bond donors (Lipinski definition) is 0. The fourth-order valence-corrected chi connectivity index (χ4v) is 6.43. The van der Waals surface area contributed by atoms with Crippen molar-refractivity contribution in [1.29, 1.82) is 0 Å². The van der Waals surface area contributed by atoms with Crippen LogP contribution in [0.1, 0.15) is 30.9 Å². The van der Waals surface area contributed by atoms with E-state index in [0.717, 1.165) is 17.0 Å². The molecule has 0 spiro atoms. The van der Waals surface area contributed by atoms with Gasteiger partial charge in [0.1, 0.15) is 5.75 Å². The Morgan fingerprint density at radius 3 is 2.23 bits per heavy atom. The number of ether oxygens (including phenoxy) is 1. The van der Waals surface area contributed by atoms with Gasteiger partial charge in [-0.2, -0.15) is 0 Å². The van der Waals surface area contributed by atoms with Crippen LogP contribution in [0.2, 0.25) is 0 Å². The molecule has 2 aliphatic heterocycles. The van der Waals surface area contributed by atoms with Crippen LogP contribution in [0.15, 0.2) is 48.5 Å².